The maximum Gasteiger partial charge on any atom is 0.231 e. The second-order valence-electron chi connectivity index (χ2n) is 6.35. The van der Waals surface area contributed by atoms with Crippen molar-refractivity contribution in [1.29, 1.82) is 0 Å². The van der Waals surface area contributed by atoms with Crippen LogP contribution in [0.25, 0.3) is 0 Å². The highest BCUT2D eigenvalue weighted by Crippen LogP contribution is 2.73. The molecule has 1 saturated heterocycles. The number of rotatable bonds is 0. The van der Waals surface area contributed by atoms with E-state index in [4.69, 9.17) is 0 Å². The molecule has 0 spiro atoms. The van der Waals surface area contributed by atoms with E-state index in [2.05, 4.69) is 39.9 Å². The van der Waals surface area contributed by atoms with Crippen LogP contribution in [0.1, 0.15) is 34.6 Å². The first-order chi connectivity index (χ1) is 7.77. The topological polar surface area (TPSA) is 46.2 Å². The first-order valence-electron chi connectivity index (χ1n) is 6.30. The molecule has 3 nitrogen and oxygen atoms in total. The molecule has 1 saturated carbocycles. The Morgan fingerprint density at radius 2 is 1.29 bits per heavy atom. The van der Waals surface area contributed by atoms with E-state index >= 15 is 0 Å². The third kappa shape index (κ3) is 0.820. The molecule has 2 bridgehead atoms. The number of hydrogen-bond donors (Lipinski definition) is 1. The van der Waals surface area contributed by atoms with Crippen LogP contribution in [-0.4, -0.2) is 11.8 Å². The van der Waals surface area contributed by atoms with Crippen LogP contribution < -0.4 is 5.32 Å². The van der Waals surface area contributed by atoms with Gasteiger partial charge in [-0.1, -0.05) is 31.9 Å². The maximum absolute atomic E-state index is 12.0. The molecule has 3 heteroatoms. The lowest BCUT2D eigenvalue weighted by atomic mass is 9.66. The Kier molecular flexibility index (Phi) is 1.72. The van der Waals surface area contributed by atoms with Crippen molar-refractivity contribution in [3.05, 3.63) is 11.1 Å². The number of carbonyl (C=O) groups excluding carboxylic acids is 2. The highest BCUT2D eigenvalue weighted by Gasteiger charge is 2.73. The average molecular weight is 233 g/mol. The Morgan fingerprint density at radius 1 is 0.941 bits per heavy atom. The van der Waals surface area contributed by atoms with Crippen molar-refractivity contribution in [2.24, 2.45) is 28.6 Å². The molecule has 92 valence electrons. The highest BCUT2D eigenvalue weighted by atomic mass is 16.2. The number of amides is 2. The Hall–Kier alpha value is -1.12. The number of hydrogen-bond acceptors (Lipinski definition) is 2. The molecule has 1 heterocycles. The van der Waals surface area contributed by atoms with Gasteiger partial charge in [0.05, 0.1) is 11.8 Å². The number of carbonyl (C=O) groups is 2. The quantitative estimate of drug-likeness (QED) is 0.513. The van der Waals surface area contributed by atoms with Crippen LogP contribution in [0.15, 0.2) is 11.1 Å². The molecule has 2 aliphatic carbocycles. The van der Waals surface area contributed by atoms with Gasteiger partial charge in [-0.15, -0.1) is 0 Å². The SMILES string of the molecule is CC1=C(C)[C@]2(C)C3C(=O)NC(=O)C3[C@@]1(C)C2C. The number of imide groups is 1. The summed E-state index contributed by atoms with van der Waals surface area (Å²) in [6, 6.07) is 0. The van der Waals surface area contributed by atoms with Gasteiger partial charge in [0.25, 0.3) is 0 Å². The fraction of sp³-hybridized carbons (Fsp3) is 0.714. The van der Waals surface area contributed by atoms with Gasteiger partial charge >= 0.3 is 0 Å². The summed E-state index contributed by atoms with van der Waals surface area (Å²) in [4.78, 5) is 24.1. The molecule has 1 aliphatic heterocycles. The summed E-state index contributed by atoms with van der Waals surface area (Å²) in [5.41, 5.74) is 2.36. The summed E-state index contributed by atoms with van der Waals surface area (Å²) in [5.74, 6) is -0.0766. The van der Waals surface area contributed by atoms with Gasteiger partial charge in [-0.25, -0.2) is 0 Å². The normalized spacial score (nSPS) is 52.2. The van der Waals surface area contributed by atoms with Crippen LogP contribution in [0.4, 0.5) is 0 Å². The van der Waals surface area contributed by atoms with E-state index < -0.39 is 0 Å². The minimum absolute atomic E-state index is 0.0649. The van der Waals surface area contributed by atoms with Gasteiger partial charge in [-0.3, -0.25) is 14.9 Å². The monoisotopic (exact) mass is 233 g/mol. The van der Waals surface area contributed by atoms with Crippen molar-refractivity contribution in [2.45, 2.75) is 34.6 Å². The van der Waals surface area contributed by atoms with Crippen molar-refractivity contribution in [3.63, 3.8) is 0 Å². The molecular formula is C14H19NO2. The third-order valence-electron chi connectivity index (χ3n) is 6.41. The second kappa shape index (κ2) is 2.65. The van der Waals surface area contributed by atoms with E-state index in [0.717, 1.165) is 0 Å². The lowest BCUT2D eigenvalue weighted by Gasteiger charge is -2.34. The van der Waals surface area contributed by atoms with E-state index in [1.807, 2.05) is 0 Å². The predicted molar refractivity (Wildman–Crippen MR) is 63.9 cm³/mol. The molecule has 3 rings (SSSR count). The lowest BCUT2D eigenvalue weighted by Crippen LogP contribution is -2.35. The second-order valence-corrected chi connectivity index (χ2v) is 6.35. The van der Waals surface area contributed by atoms with Crippen molar-refractivity contribution in [1.82, 2.24) is 5.32 Å². The summed E-state index contributed by atoms with van der Waals surface area (Å²) >= 11 is 0. The maximum atomic E-state index is 12.0. The van der Waals surface area contributed by atoms with E-state index in [0.29, 0.717) is 5.92 Å². The molecule has 0 aromatic heterocycles. The van der Waals surface area contributed by atoms with Crippen molar-refractivity contribution in [2.75, 3.05) is 0 Å². The standard InChI is InChI=1S/C14H19NO2/c1-6-7(2)14(5)8(3)13(6,4)9-10(14)12(17)15-11(9)16/h8-10H,1-5H3,(H,15,16,17)/t8?,9?,10?,13-,14+. The van der Waals surface area contributed by atoms with Gasteiger partial charge < -0.3 is 0 Å². The summed E-state index contributed by atoms with van der Waals surface area (Å²) in [7, 11) is 0. The zero-order chi connectivity index (χ0) is 12.7. The van der Waals surface area contributed by atoms with Crippen LogP contribution in [0.5, 0.6) is 0 Å². The largest absolute Gasteiger partial charge is 0.296 e. The zero-order valence-corrected chi connectivity index (χ0v) is 11.0. The van der Waals surface area contributed by atoms with E-state index in [9.17, 15) is 9.59 Å². The van der Waals surface area contributed by atoms with Gasteiger partial charge in [-0.2, -0.15) is 0 Å². The Morgan fingerprint density at radius 3 is 1.65 bits per heavy atom. The fourth-order valence-electron chi connectivity index (χ4n) is 4.90. The molecule has 0 radical (unpaired) electrons. The molecule has 3 unspecified atom stereocenters. The van der Waals surface area contributed by atoms with Gasteiger partial charge in [0.2, 0.25) is 11.8 Å². The number of fused-ring (bicyclic) bond motifs is 5. The van der Waals surface area contributed by atoms with Gasteiger partial charge in [0.15, 0.2) is 0 Å². The molecule has 0 aromatic rings. The Labute approximate surface area is 102 Å². The minimum Gasteiger partial charge on any atom is -0.296 e. The fourth-order valence-corrected chi connectivity index (χ4v) is 4.90. The van der Waals surface area contributed by atoms with E-state index in [1.165, 1.54) is 11.1 Å². The summed E-state index contributed by atoms with van der Waals surface area (Å²) < 4.78 is 0. The van der Waals surface area contributed by atoms with Gasteiger partial charge in [0, 0.05) is 10.8 Å². The average Bonchev–Trinajstić information content (AvgIpc) is 2.71. The number of allylic oxidation sites excluding steroid dienone is 2. The first-order valence-corrected chi connectivity index (χ1v) is 6.30. The van der Waals surface area contributed by atoms with E-state index in [1.54, 1.807) is 0 Å². The zero-order valence-electron chi connectivity index (χ0n) is 11.0. The molecule has 2 amide bonds. The van der Waals surface area contributed by atoms with Crippen molar-refractivity contribution >= 4 is 11.8 Å². The van der Waals surface area contributed by atoms with Crippen molar-refractivity contribution in [3.8, 4) is 0 Å². The van der Waals surface area contributed by atoms with Crippen LogP contribution in [-0.2, 0) is 9.59 Å². The Balaban J connectivity index is 2.30. The predicted octanol–water partition coefficient (Wildman–Crippen LogP) is 1.89. The third-order valence-corrected chi connectivity index (χ3v) is 6.41. The lowest BCUT2D eigenvalue weighted by molar-refractivity contribution is -0.128. The van der Waals surface area contributed by atoms with E-state index in [-0.39, 0.29) is 34.5 Å². The van der Waals surface area contributed by atoms with Gasteiger partial charge in [0.1, 0.15) is 0 Å². The summed E-state index contributed by atoms with van der Waals surface area (Å²) in [6.07, 6.45) is 0. The van der Waals surface area contributed by atoms with Crippen LogP contribution in [0.2, 0.25) is 0 Å². The first kappa shape index (κ1) is 11.0. The van der Waals surface area contributed by atoms with Crippen LogP contribution >= 0.6 is 0 Å². The number of nitrogens with one attached hydrogen (secondary N) is 1. The smallest absolute Gasteiger partial charge is 0.231 e. The summed E-state index contributed by atoms with van der Waals surface area (Å²) in [5, 5.41) is 2.53. The van der Waals surface area contributed by atoms with Crippen LogP contribution in [0, 0.1) is 28.6 Å². The molecule has 0 aromatic carbocycles. The molecule has 17 heavy (non-hydrogen) atoms. The molecular weight excluding hydrogens is 214 g/mol. The highest BCUT2D eigenvalue weighted by molar-refractivity contribution is 6.07. The summed E-state index contributed by atoms with van der Waals surface area (Å²) in [6.45, 7) is 10.8. The Bertz CT molecular complexity index is 450. The van der Waals surface area contributed by atoms with Gasteiger partial charge in [-0.05, 0) is 19.8 Å². The molecule has 2 fully saturated rings. The molecule has 1 N–H and O–H groups in total. The van der Waals surface area contributed by atoms with Crippen molar-refractivity contribution < 1.29 is 9.59 Å². The minimum atomic E-state index is -0.154. The molecule has 5 atom stereocenters. The molecule has 3 aliphatic rings. The van der Waals surface area contributed by atoms with Crippen LogP contribution in [0.3, 0.4) is 0 Å².